The van der Waals surface area contributed by atoms with Crippen molar-refractivity contribution in [1.29, 1.82) is 0 Å². The second-order valence-corrected chi connectivity index (χ2v) is 5.26. The number of aromatic hydroxyl groups is 2. The highest BCUT2D eigenvalue weighted by molar-refractivity contribution is 7.84. The molecule has 0 amide bonds. The summed E-state index contributed by atoms with van der Waals surface area (Å²) in [7, 11) is -0.769. The Hall–Kier alpha value is -1.07. The monoisotopic (exact) mass is 243 g/mol. The Morgan fingerprint density at radius 3 is 2.81 bits per heavy atom. The van der Waals surface area contributed by atoms with Crippen LogP contribution in [0.25, 0.3) is 0 Å². The molecule has 1 aromatic rings. The molecule has 0 fully saturated rings. The van der Waals surface area contributed by atoms with Crippen molar-refractivity contribution in [1.82, 2.24) is 5.32 Å². The first kappa shape index (κ1) is 13.0. The molecule has 0 heterocycles. The van der Waals surface area contributed by atoms with Crippen molar-refractivity contribution in [3.05, 3.63) is 23.8 Å². The van der Waals surface area contributed by atoms with Crippen LogP contribution in [-0.4, -0.2) is 32.5 Å². The molecule has 0 spiro atoms. The Kier molecular flexibility index (Phi) is 5.28. The molecule has 0 bridgehead atoms. The molecule has 0 aromatic heterocycles. The van der Waals surface area contributed by atoms with Crippen molar-refractivity contribution in [2.24, 2.45) is 0 Å². The number of nitrogens with one attached hydrogen (secondary N) is 1. The van der Waals surface area contributed by atoms with Crippen molar-refractivity contribution in [3.63, 3.8) is 0 Å². The van der Waals surface area contributed by atoms with Crippen LogP contribution in [0.15, 0.2) is 18.2 Å². The van der Waals surface area contributed by atoms with Crippen LogP contribution in [0.5, 0.6) is 11.5 Å². The molecule has 1 aromatic carbocycles. The van der Waals surface area contributed by atoms with Crippen LogP contribution in [0.2, 0.25) is 0 Å². The van der Waals surface area contributed by atoms with Gasteiger partial charge in [0.25, 0.3) is 0 Å². The van der Waals surface area contributed by atoms with E-state index in [1.165, 1.54) is 6.07 Å². The summed E-state index contributed by atoms with van der Waals surface area (Å²) in [5, 5.41) is 21.8. The highest BCUT2D eigenvalue weighted by Crippen LogP contribution is 2.27. The summed E-state index contributed by atoms with van der Waals surface area (Å²) in [4.78, 5) is 0. The van der Waals surface area contributed by atoms with E-state index in [2.05, 4.69) is 5.32 Å². The summed E-state index contributed by atoms with van der Waals surface area (Å²) in [6, 6.07) is 4.85. The molecule has 0 aliphatic rings. The van der Waals surface area contributed by atoms with E-state index in [9.17, 15) is 14.4 Å². The molecule has 16 heavy (non-hydrogen) atoms. The predicted molar refractivity (Wildman–Crippen MR) is 65.0 cm³/mol. The Bertz CT molecular complexity index is 368. The largest absolute Gasteiger partial charge is 0.504 e. The Balaban J connectivity index is 2.38. The van der Waals surface area contributed by atoms with Gasteiger partial charge in [0.15, 0.2) is 11.5 Å². The van der Waals surface area contributed by atoms with E-state index in [1.54, 1.807) is 12.1 Å². The maximum atomic E-state index is 11.1. The lowest BCUT2D eigenvalue weighted by Gasteiger charge is -2.07. The lowest BCUT2D eigenvalue weighted by molar-refractivity contribution is 0.398. The maximum Gasteiger partial charge on any atom is 0.161 e. The van der Waals surface area contributed by atoms with Gasteiger partial charge in [-0.3, -0.25) is 4.21 Å². The summed E-state index contributed by atoms with van der Waals surface area (Å²) in [6.07, 6.45) is 0. The zero-order valence-corrected chi connectivity index (χ0v) is 10.1. The lowest BCUT2D eigenvalue weighted by atomic mass is 10.2. The number of phenols is 2. The average molecular weight is 243 g/mol. The molecule has 0 aliphatic heterocycles. The minimum Gasteiger partial charge on any atom is -0.504 e. The second kappa shape index (κ2) is 6.50. The Labute approximate surface area is 97.8 Å². The lowest BCUT2D eigenvalue weighted by Crippen LogP contribution is -2.20. The minimum absolute atomic E-state index is 0.0911. The van der Waals surface area contributed by atoms with Crippen molar-refractivity contribution >= 4 is 10.8 Å². The molecule has 5 heteroatoms. The first-order valence-corrected chi connectivity index (χ1v) is 6.69. The number of para-hydroxylation sites is 1. The van der Waals surface area contributed by atoms with Crippen molar-refractivity contribution < 1.29 is 14.4 Å². The minimum atomic E-state index is -0.769. The summed E-state index contributed by atoms with van der Waals surface area (Å²) in [6.45, 7) is 2.98. The molecular formula is C11H17NO3S. The van der Waals surface area contributed by atoms with Crippen LogP contribution in [0.1, 0.15) is 12.5 Å². The van der Waals surface area contributed by atoms with Gasteiger partial charge in [-0.2, -0.15) is 0 Å². The van der Waals surface area contributed by atoms with E-state index in [-0.39, 0.29) is 11.5 Å². The first-order valence-electron chi connectivity index (χ1n) is 5.20. The zero-order chi connectivity index (χ0) is 12.0. The van der Waals surface area contributed by atoms with Gasteiger partial charge in [0.2, 0.25) is 0 Å². The molecule has 0 saturated heterocycles. The third-order valence-electron chi connectivity index (χ3n) is 2.24. The fourth-order valence-corrected chi connectivity index (χ4v) is 1.93. The number of rotatable bonds is 6. The topological polar surface area (TPSA) is 69.6 Å². The number of benzene rings is 1. The molecule has 0 radical (unpaired) electrons. The van der Waals surface area contributed by atoms with Gasteiger partial charge in [-0.05, 0) is 6.07 Å². The van der Waals surface area contributed by atoms with Crippen LogP contribution in [0, 0.1) is 0 Å². The van der Waals surface area contributed by atoms with Crippen LogP contribution < -0.4 is 5.32 Å². The smallest absolute Gasteiger partial charge is 0.161 e. The van der Waals surface area contributed by atoms with Crippen molar-refractivity contribution in [2.75, 3.05) is 18.1 Å². The summed E-state index contributed by atoms with van der Waals surface area (Å²) in [5.74, 6) is 1.07. The van der Waals surface area contributed by atoms with Gasteiger partial charge < -0.3 is 15.5 Å². The summed E-state index contributed by atoms with van der Waals surface area (Å²) < 4.78 is 11.1. The van der Waals surface area contributed by atoms with Crippen molar-refractivity contribution in [3.8, 4) is 11.5 Å². The van der Waals surface area contributed by atoms with Gasteiger partial charge in [-0.1, -0.05) is 19.1 Å². The SMILES string of the molecule is CCS(=O)CCNCc1cccc(O)c1O. The summed E-state index contributed by atoms with van der Waals surface area (Å²) in [5.41, 5.74) is 0.641. The van der Waals surface area contributed by atoms with Gasteiger partial charge in [0.05, 0.1) is 0 Å². The van der Waals surface area contributed by atoms with E-state index in [1.807, 2.05) is 6.92 Å². The van der Waals surface area contributed by atoms with Gasteiger partial charge in [0.1, 0.15) is 0 Å². The van der Waals surface area contributed by atoms with E-state index < -0.39 is 10.8 Å². The van der Waals surface area contributed by atoms with Gasteiger partial charge in [-0.25, -0.2) is 0 Å². The molecule has 0 saturated carbocycles. The fourth-order valence-electron chi connectivity index (χ4n) is 1.27. The van der Waals surface area contributed by atoms with Crippen molar-refractivity contribution in [2.45, 2.75) is 13.5 Å². The third-order valence-corrected chi connectivity index (χ3v) is 3.55. The van der Waals surface area contributed by atoms with E-state index in [0.29, 0.717) is 30.2 Å². The van der Waals surface area contributed by atoms with E-state index in [0.717, 1.165) is 0 Å². The second-order valence-electron chi connectivity index (χ2n) is 3.39. The van der Waals surface area contributed by atoms with Crippen LogP contribution in [0.3, 0.4) is 0 Å². The van der Waals surface area contributed by atoms with Gasteiger partial charge in [-0.15, -0.1) is 0 Å². The Morgan fingerprint density at radius 1 is 1.38 bits per heavy atom. The Morgan fingerprint density at radius 2 is 2.12 bits per heavy atom. The van der Waals surface area contributed by atoms with Gasteiger partial charge in [0, 0.05) is 41.0 Å². The third kappa shape index (κ3) is 3.83. The zero-order valence-electron chi connectivity index (χ0n) is 9.27. The number of phenolic OH excluding ortho intramolecular Hbond substituents is 2. The highest BCUT2D eigenvalue weighted by Gasteiger charge is 2.04. The molecule has 4 nitrogen and oxygen atoms in total. The first-order chi connectivity index (χ1) is 7.65. The van der Waals surface area contributed by atoms with Crippen LogP contribution in [0.4, 0.5) is 0 Å². The highest BCUT2D eigenvalue weighted by atomic mass is 32.2. The number of hydrogen-bond acceptors (Lipinski definition) is 4. The molecule has 1 unspecified atom stereocenters. The molecule has 3 N–H and O–H groups in total. The fraction of sp³-hybridized carbons (Fsp3) is 0.455. The molecule has 0 aliphatic carbocycles. The van der Waals surface area contributed by atoms with Gasteiger partial charge >= 0.3 is 0 Å². The molecule has 1 atom stereocenters. The van der Waals surface area contributed by atoms with E-state index >= 15 is 0 Å². The standard InChI is InChI=1S/C11H17NO3S/c1-2-16(15)7-6-12-8-9-4-3-5-10(13)11(9)14/h3-5,12-14H,2,6-8H2,1H3. The van der Waals surface area contributed by atoms with Crippen LogP contribution in [-0.2, 0) is 17.3 Å². The normalized spacial score (nSPS) is 12.6. The number of hydrogen-bond donors (Lipinski definition) is 3. The molecular weight excluding hydrogens is 226 g/mol. The average Bonchev–Trinajstić information content (AvgIpc) is 2.29. The van der Waals surface area contributed by atoms with E-state index in [4.69, 9.17) is 0 Å². The predicted octanol–water partition coefficient (Wildman–Crippen LogP) is 0.956. The van der Waals surface area contributed by atoms with Crippen LogP contribution >= 0.6 is 0 Å². The molecule has 90 valence electrons. The molecule has 1 rings (SSSR count). The maximum absolute atomic E-state index is 11.1. The summed E-state index contributed by atoms with van der Waals surface area (Å²) >= 11 is 0. The quantitative estimate of drug-likeness (QED) is 0.514.